The molecule has 0 saturated carbocycles. The first-order chi connectivity index (χ1) is 10.0. The van der Waals surface area contributed by atoms with Crippen molar-refractivity contribution in [1.29, 1.82) is 0 Å². The van der Waals surface area contributed by atoms with E-state index >= 15 is 0 Å². The molecule has 0 spiro atoms. The van der Waals surface area contributed by atoms with E-state index in [2.05, 4.69) is 4.99 Å². The van der Waals surface area contributed by atoms with Crippen LogP contribution in [0.2, 0.25) is 0 Å². The summed E-state index contributed by atoms with van der Waals surface area (Å²) in [5, 5.41) is 10.7. The standard InChI is InChI=1S/C14H18F3N3O2/c1-9(2)7-13(19(3)4)18-10-5-6-12(20(21)22)11(8-10)14(15,16)17/h5-6,8-9H,7H2,1-4H3. The number of alkyl halides is 3. The minimum Gasteiger partial charge on any atom is -0.366 e. The molecule has 0 aromatic heterocycles. The minimum absolute atomic E-state index is 0.0438. The van der Waals surface area contributed by atoms with E-state index in [9.17, 15) is 23.3 Å². The lowest BCUT2D eigenvalue weighted by molar-refractivity contribution is -0.388. The molecule has 122 valence electrons. The van der Waals surface area contributed by atoms with Crippen LogP contribution in [-0.2, 0) is 6.18 Å². The molecule has 0 amide bonds. The molecule has 0 radical (unpaired) electrons. The van der Waals surface area contributed by atoms with Crippen molar-refractivity contribution in [2.75, 3.05) is 14.1 Å². The first kappa shape index (κ1) is 17.9. The molecule has 0 heterocycles. The first-order valence-electron chi connectivity index (χ1n) is 6.63. The van der Waals surface area contributed by atoms with Crippen molar-refractivity contribution in [3.8, 4) is 0 Å². The van der Waals surface area contributed by atoms with Crippen molar-refractivity contribution in [3.63, 3.8) is 0 Å². The largest absolute Gasteiger partial charge is 0.423 e. The summed E-state index contributed by atoms with van der Waals surface area (Å²) in [5.74, 6) is 0.887. The summed E-state index contributed by atoms with van der Waals surface area (Å²) in [6, 6.07) is 2.77. The van der Waals surface area contributed by atoms with E-state index in [-0.39, 0.29) is 11.6 Å². The number of hydrogen-bond donors (Lipinski definition) is 0. The summed E-state index contributed by atoms with van der Waals surface area (Å²) >= 11 is 0. The smallest absolute Gasteiger partial charge is 0.366 e. The van der Waals surface area contributed by atoms with Gasteiger partial charge in [-0.25, -0.2) is 4.99 Å². The number of rotatable bonds is 4. The van der Waals surface area contributed by atoms with Crippen molar-refractivity contribution in [1.82, 2.24) is 4.90 Å². The maximum atomic E-state index is 12.9. The van der Waals surface area contributed by atoms with Gasteiger partial charge in [-0.2, -0.15) is 13.2 Å². The second kappa shape index (κ2) is 6.76. The Morgan fingerprint density at radius 2 is 1.95 bits per heavy atom. The Morgan fingerprint density at radius 1 is 1.36 bits per heavy atom. The van der Waals surface area contributed by atoms with Gasteiger partial charge in [-0.1, -0.05) is 13.8 Å². The van der Waals surface area contributed by atoms with Gasteiger partial charge >= 0.3 is 6.18 Å². The van der Waals surface area contributed by atoms with Crippen LogP contribution in [0.3, 0.4) is 0 Å². The van der Waals surface area contributed by atoms with E-state index in [1.54, 1.807) is 19.0 Å². The Morgan fingerprint density at radius 3 is 2.36 bits per heavy atom. The van der Waals surface area contributed by atoms with Crippen LogP contribution in [0.25, 0.3) is 0 Å². The van der Waals surface area contributed by atoms with Crippen LogP contribution in [0.1, 0.15) is 25.8 Å². The molecular formula is C14H18F3N3O2. The molecule has 0 aliphatic rings. The number of nitro groups is 1. The van der Waals surface area contributed by atoms with Gasteiger partial charge in [0, 0.05) is 26.6 Å². The second-order valence-corrected chi connectivity index (χ2v) is 5.48. The number of hydrogen-bond acceptors (Lipinski definition) is 3. The Bertz CT molecular complexity index is 581. The summed E-state index contributed by atoms with van der Waals surface area (Å²) in [7, 11) is 3.49. The zero-order valence-electron chi connectivity index (χ0n) is 12.8. The Kier molecular flexibility index (Phi) is 5.51. The van der Waals surface area contributed by atoms with E-state index in [0.29, 0.717) is 18.3 Å². The molecule has 22 heavy (non-hydrogen) atoms. The Hall–Kier alpha value is -2.12. The highest BCUT2D eigenvalue weighted by Gasteiger charge is 2.38. The topological polar surface area (TPSA) is 58.7 Å². The second-order valence-electron chi connectivity index (χ2n) is 5.48. The quantitative estimate of drug-likeness (QED) is 0.361. The zero-order valence-corrected chi connectivity index (χ0v) is 12.8. The molecule has 0 N–H and O–H groups in total. The van der Waals surface area contributed by atoms with E-state index in [1.807, 2.05) is 13.8 Å². The van der Waals surface area contributed by atoms with Crippen LogP contribution < -0.4 is 0 Å². The van der Waals surface area contributed by atoms with Crippen LogP contribution >= 0.6 is 0 Å². The van der Waals surface area contributed by atoms with Crippen molar-refractivity contribution in [2.45, 2.75) is 26.4 Å². The lowest BCUT2D eigenvalue weighted by Crippen LogP contribution is -2.23. The number of benzene rings is 1. The third-order valence-corrected chi connectivity index (χ3v) is 2.85. The van der Waals surface area contributed by atoms with Crippen LogP contribution in [0, 0.1) is 16.0 Å². The van der Waals surface area contributed by atoms with E-state index in [1.165, 1.54) is 6.07 Å². The predicted octanol–water partition coefficient (Wildman–Crippen LogP) is 4.25. The SMILES string of the molecule is CC(C)CC(=Nc1ccc([N+](=O)[O-])c(C(F)(F)F)c1)N(C)C. The van der Waals surface area contributed by atoms with Gasteiger partial charge < -0.3 is 4.90 Å². The Labute approximate surface area is 126 Å². The predicted molar refractivity (Wildman–Crippen MR) is 78.3 cm³/mol. The van der Waals surface area contributed by atoms with Crippen molar-refractivity contribution >= 4 is 17.2 Å². The molecule has 0 saturated heterocycles. The van der Waals surface area contributed by atoms with Crippen molar-refractivity contribution in [3.05, 3.63) is 33.9 Å². The lowest BCUT2D eigenvalue weighted by Gasteiger charge is -2.18. The highest BCUT2D eigenvalue weighted by Crippen LogP contribution is 2.38. The van der Waals surface area contributed by atoms with Crippen LogP contribution in [-0.4, -0.2) is 29.8 Å². The third-order valence-electron chi connectivity index (χ3n) is 2.85. The first-order valence-corrected chi connectivity index (χ1v) is 6.63. The summed E-state index contributed by atoms with van der Waals surface area (Å²) < 4.78 is 38.8. The van der Waals surface area contributed by atoms with Crippen LogP contribution in [0.15, 0.2) is 23.2 Å². The van der Waals surface area contributed by atoms with Crippen molar-refractivity contribution < 1.29 is 18.1 Å². The number of amidine groups is 1. The van der Waals surface area contributed by atoms with E-state index in [0.717, 1.165) is 6.07 Å². The van der Waals surface area contributed by atoms with Gasteiger partial charge in [-0.3, -0.25) is 10.1 Å². The van der Waals surface area contributed by atoms with Gasteiger partial charge in [0.25, 0.3) is 5.69 Å². The molecule has 0 atom stereocenters. The summed E-state index contributed by atoms with van der Waals surface area (Å²) in [6.07, 6.45) is -4.21. The molecule has 0 aliphatic heterocycles. The van der Waals surface area contributed by atoms with Crippen molar-refractivity contribution in [2.24, 2.45) is 10.9 Å². The average molecular weight is 317 g/mol. The fourth-order valence-electron chi connectivity index (χ4n) is 1.82. The highest BCUT2D eigenvalue weighted by atomic mass is 19.4. The number of nitrogens with zero attached hydrogens (tertiary/aromatic N) is 3. The maximum Gasteiger partial charge on any atom is 0.423 e. The molecule has 1 aromatic carbocycles. The van der Waals surface area contributed by atoms with E-state index in [4.69, 9.17) is 0 Å². The highest BCUT2D eigenvalue weighted by molar-refractivity contribution is 5.84. The molecular weight excluding hydrogens is 299 g/mol. The molecule has 0 aliphatic carbocycles. The average Bonchev–Trinajstić information content (AvgIpc) is 2.35. The fourth-order valence-corrected chi connectivity index (χ4v) is 1.82. The van der Waals surface area contributed by atoms with Crippen LogP contribution in [0.5, 0.6) is 0 Å². The molecule has 0 unspecified atom stereocenters. The lowest BCUT2D eigenvalue weighted by atomic mass is 10.1. The van der Waals surface area contributed by atoms with Gasteiger partial charge in [0.1, 0.15) is 11.4 Å². The fraction of sp³-hybridized carbons (Fsp3) is 0.500. The van der Waals surface area contributed by atoms with Crippen LogP contribution in [0.4, 0.5) is 24.5 Å². The summed E-state index contributed by atoms with van der Waals surface area (Å²) in [5.41, 5.74) is -2.22. The normalized spacial score (nSPS) is 12.6. The number of aliphatic imine (C=N–C) groups is 1. The molecule has 0 fully saturated rings. The summed E-state index contributed by atoms with van der Waals surface area (Å²) in [4.78, 5) is 15.6. The molecule has 1 rings (SSSR count). The maximum absolute atomic E-state index is 12.9. The monoisotopic (exact) mass is 317 g/mol. The van der Waals surface area contributed by atoms with Gasteiger partial charge in [0.05, 0.1) is 10.6 Å². The molecule has 8 heteroatoms. The van der Waals surface area contributed by atoms with Gasteiger partial charge in [-0.15, -0.1) is 0 Å². The zero-order chi connectivity index (χ0) is 17.1. The van der Waals surface area contributed by atoms with E-state index < -0.39 is 22.4 Å². The molecule has 1 aromatic rings. The molecule has 5 nitrogen and oxygen atoms in total. The number of nitro benzene ring substituents is 1. The van der Waals surface area contributed by atoms with Gasteiger partial charge in [0.15, 0.2) is 0 Å². The number of halogens is 3. The Balaban J connectivity index is 3.35. The summed E-state index contributed by atoms with van der Waals surface area (Å²) in [6.45, 7) is 3.94. The molecule has 0 bridgehead atoms. The third kappa shape index (κ3) is 4.71. The minimum atomic E-state index is -4.80. The van der Waals surface area contributed by atoms with Gasteiger partial charge in [0.2, 0.25) is 0 Å². The van der Waals surface area contributed by atoms with Gasteiger partial charge in [-0.05, 0) is 18.1 Å².